The third-order valence-corrected chi connectivity index (χ3v) is 3.42. The van der Waals surface area contributed by atoms with Crippen LogP contribution in [0.1, 0.15) is 15.9 Å². The first-order valence-electron chi connectivity index (χ1n) is 6.78. The standard InChI is InChI=1S/C15H12N4O5/c1-23-10(20)4-3-8-12-11-14(17-6-16-11)18-7-19(12)5-9(13(8)21)15(22)24-2/h3-7H,1-2H3,(H,16,17)/b4-3-. The Bertz CT molecular complexity index is 1050. The molecular formula is C15H12N4O5. The van der Waals surface area contributed by atoms with E-state index >= 15 is 0 Å². The van der Waals surface area contributed by atoms with E-state index in [1.165, 1.54) is 43.5 Å². The predicted molar refractivity (Wildman–Crippen MR) is 83.5 cm³/mol. The fraction of sp³-hybridized carbons (Fsp3) is 0.133. The molecule has 24 heavy (non-hydrogen) atoms. The lowest BCUT2D eigenvalue weighted by atomic mass is 10.1. The van der Waals surface area contributed by atoms with Gasteiger partial charge in [0.15, 0.2) is 5.65 Å². The molecule has 0 spiro atoms. The molecule has 9 heteroatoms. The minimum absolute atomic E-state index is 0.111. The highest BCUT2D eigenvalue weighted by atomic mass is 16.5. The number of imidazole rings is 1. The van der Waals surface area contributed by atoms with Gasteiger partial charge in [-0.2, -0.15) is 0 Å². The van der Waals surface area contributed by atoms with Gasteiger partial charge < -0.3 is 18.9 Å². The molecule has 0 saturated heterocycles. The van der Waals surface area contributed by atoms with Crippen LogP contribution in [0.2, 0.25) is 0 Å². The van der Waals surface area contributed by atoms with Crippen LogP contribution < -0.4 is 5.43 Å². The summed E-state index contributed by atoms with van der Waals surface area (Å²) in [6.45, 7) is 0. The van der Waals surface area contributed by atoms with Crippen LogP contribution in [-0.4, -0.2) is 45.5 Å². The Morgan fingerprint density at radius 1 is 1.25 bits per heavy atom. The van der Waals surface area contributed by atoms with Crippen molar-refractivity contribution in [1.82, 2.24) is 19.4 Å². The zero-order valence-corrected chi connectivity index (χ0v) is 12.8. The number of carbonyl (C=O) groups excluding carboxylic acids is 2. The summed E-state index contributed by atoms with van der Waals surface area (Å²) >= 11 is 0. The molecule has 0 saturated carbocycles. The summed E-state index contributed by atoms with van der Waals surface area (Å²) in [6, 6.07) is 0. The van der Waals surface area contributed by atoms with E-state index in [-0.39, 0.29) is 11.1 Å². The zero-order chi connectivity index (χ0) is 17.3. The lowest BCUT2D eigenvalue weighted by molar-refractivity contribution is -0.134. The summed E-state index contributed by atoms with van der Waals surface area (Å²) in [4.78, 5) is 47.0. The molecule has 3 rings (SSSR count). The van der Waals surface area contributed by atoms with Gasteiger partial charge in [-0.25, -0.2) is 19.6 Å². The summed E-state index contributed by atoms with van der Waals surface area (Å²) < 4.78 is 10.7. The van der Waals surface area contributed by atoms with E-state index in [0.717, 1.165) is 6.08 Å². The molecule has 0 fully saturated rings. The van der Waals surface area contributed by atoms with Crippen LogP contribution in [-0.2, 0) is 14.3 Å². The number of methoxy groups -OCH3 is 2. The van der Waals surface area contributed by atoms with E-state index in [9.17, 15) is 14.4 Å². The van der Waals surface area contributed by atoms with Crippen LogP contribution in [0.3, 0.4) is 0 Å². The summed E-state index contributed by atoms with van der Waals surface area (Å²) in [6.07, 6.45) is 6.56. The summed E-state index contributed by atoms with van der Waals surface area (Å²) in [5, 5.41) is 0. The van der Waals surface area contributed by atoms with E-state index in [2.05, 4.69) is 24.4 Å². The van der Waals surface area contributed by atoms with Crippen molar-refractivity contribution in [1.29, 1.82) is 0 Å². The number of aromatic amines is 1. The van der Waals surface area contributed by atoms with Gasteiger partial charge in [-0.1, -0.05) is 0 Å². The molecule has 0 radical (unpaired) electrons. The number of nitrogens with one attached hydrogen (secondary N) is 1. The smallest absolute Gasteiger partial charge is 0.343 e. The lowest BCUT2D eigenvalue weighted by Crippen LogP contribution is -2.21. The van der Waals surface area contributed by atoms with Gasteiger partial charge in [-0.3, -0.25) is 4.79 Å². The number of H-pyrrole nitrogens is 1. The molecule has 0 aliphatic rings. The Morgan fingerprint density at radius 2 is 2.04 bits per heavy atom. The molecule has 3 aromatic heterocycles. The second kappa shape index (κ2) is 5.95. The van der Waals surface area contributed by atoms with Crippen molar-refractivity contribution in [2.45, 2.75) is 0 Å². The maximum Gasteiger partial charge on any atom is 0.343 e. The van der Waals surface area contributed by atoms with Crippen LogP contribution >= 0.6 is 0 Å². The van der Waals surface area contributed by atoms with Gasteiger partial charge in [0.25, 0.3) is 0 Å². The summed E-state index contributed by atoms with van der Waals surface area (Å²) in [5.74, 6) is -1.42. The fourth-order valence-electron chi connectivity index (χ4n) is 2.31. The summed E-state index contributed by atoms with van der Waals surface area (Å²) in [5.41, 5.74) is 0.669. The van der Waals surface area contributed by atoms with Crippen molar-refractivity contribution >= 4 is 34.7 Å². The highest BCUT2D eigenvalue weighted by molar-refractivity contribution is 5.98. The molecule has 0 unspecified atom stereocenters. The average molecular weight is 328 g/mol. The Labute approximate surface area is 134 Å². The predicted octanol–water partition coefficient (Wildman–Crippen LogP) is 0.544. The van der Waals surface area contributed by atoms with Crippen LogP contribution in [0, 0.1) is 0 Å². The second-order valence-electron chi connectivity index (χ2n) is 4.74. The number of ether oxygens (including phenoxy) is 2. The molecule has 3 heterocycles. The topological polar surface area (TPSA) is 116 Å². The van der Waals surface area contributed by atoms with E-state index in [1.54, 1.807) is 0 Å². The molecule has 0 aliphatic carbocycles. The number of nitrogens with zero attached hydrogens (tertiary/aromatic N) is 3. The normalized spacial score (nSPS) is 11.2. The van der Waals surface area contributed by atoms with Gasteiger partial charge in [-0.05, 0) is 6.08 Å². The van der Waals surface area contributed by atoms with E-state index in [0.29, 0.717) is 16.7 Å². The molecule has 0 bridgehead atoms. The number of carbonyl (C=O) groups is 2. The van der Waals surface area contributed by atoms with Crippen LogP contribution in [0.25, 0.3) is 22.8 Å². The van der Waals surface area contributed by atoms with Gasteiger partial charge >= 0.3 is 11.9 Å². The quantitative estimate of drug-likeness (QED) is 0.551. The van der Waals surface area contributed by atoms with Gasteiger partial charge in [0.05, 0.1) is 26.1 Å². The molecule has 0 aliphatic heterocycles. The van der Waals surface area contributed by atoms with Crippen LogP contribution in [0.5, 0.6) is 0 Å². The monoisotopic (exact) mass is 328 g/mol. The molecular weight excluding hydrogens is 316 g/mol. The van der Waals surface area contributed by atoms with Gasteiger partial charge in [0.2, 0.25) is 5.43 Å². The molecule has 0 amide bonds. The number of aromatic nitrogens is 4. The molecule has 9 nitrogen and oxygen atoms in total. The third-order valence-electron chi connectivity index (χ3n) is 3.42. The number of hydrogen-bond acceptors (Lipinski definition) is 7. The van der Waals surface area contributed by atoms with Gasteiger partial charge in [0, 0.05) is 17.8 Å². The van der Waals surface area contributed by atoms with Crippen molar-refractivity contribution in [3.63, 3.8) is 0 Å². The highest BCUT2D eigenvalue weighted by Gasteiger charge is 2.18. The Morgan fingerprint density at radius 3 is 2.75 bits per heavy atom. The first-order chi connectivity index (χ1) is 11.6. The first kappa shape index (κ1) is 15.4. The SMILES string of the molecule is COC(=O)/C=C\c1c(=O)c(C(=O)OC)cn2cnc3nc[nH]c3c12. The van der Waals surface area contributed by atoms with Crippen molar-refractivity contribution in [2.75, 3.05) is 14.2 Å². The Balaban J connectivity index is 2.42. The van der Waals surface area contributed by atoms with E-state index < -0.39 is 17.4 Å². The number of hydrogen-bond donors (Lipinski definition) is 1. The van der Waals surface area contributed by atoms with Crippen LogP contribution in [0.4, 0.5) is 0 Å². The fourth-order valence-corrected chi connectivity index (χ4v) is 2.31. The minimum atomic E-state index is -0.785. The van der Waals surface area contributed by atoms with Crippen molar-refractivity contribution in [3.05, 3.63) is 46.3 Å². The van der Waals surface area contributed by atoms with E-state index in [4.69, 9.17) is 0 Å². The van der Waals surface area contributed by atoms with Gasteiger partial charge in [0.1, 0.15) is 17.4 Å². The number of pyridine rings is 1. The van der Waals surface area contributed by atoms with Crippen molar-refractivity contribution in [2.24, 2.45) is 0 Å². The van der Waals surface area contributed by atoms with E-state index in [1.807, 2.05) is 0 Å². The Hall–Kier alpha value is -3.49. The molecule has 0 atom stereocenters. The lowest BCUT2D eigenvalue weighted by Gasteiger charge is -2.08. The minimum Gasteiger partial charge on any atom is -0.466 e. The highest BCUT2D eigenvalue weighted by Crippen LogP contribution is 2.18. The number of fused-ring (bicyclic) bond motifs is 3. The maximum atomic E-state index is 12.7. The van der Waals surface area contributed by atoms with Gasteiger partial charge in [-0.15, -0.1) is 0 Å². The first-order valence-corrected chi connectivity index (χ1v) is 6.78. The van der Waals surface area contributed by atoms with Crippen molar-refractivity contribution in [3.8, 4) is 0 Å². The molecule has 1 N–H and O–H groups in total. The molecule has 0 aromatic carbocycles. The average Bonchev–Trinajstić information content (AvgIpc) is 3.08. The Kier molecular flexibility index (Phi) is 3.82. The molecule has 3 aromatic rings. The molecule has 122 valence electrons. The second-order valence-corrected chi connectivity index (χ2v) is 4.74. The van der Waals surface area contributed by atoms with Crippen molar-refractivity contribution < 1.29 is 19.1 Å². The third kappa shape index (κ3) is 2.41. The zero-order valence-electron chi connectivity index (χ0n) is 12.8. The van der Waals surface area contributed by atoms with Crippen LogP contribution in [0.15, 0.2) is 29.7 Å². The maximum absolute atomic E-state index is 12.7. The number of rotatable bonds is 3. The number of esters is 2. The largest absolute Gasteiger partial charge is 0.466 e. The summed E-state index contributed by atoms with van der Waals surface area (Å²) in [7, 11) is 2.40.